The molecular weight excluding hydrogens is 308 g/mol. The molecule has 0 spiro atoms. The first-order valence-corrected chi connectivity index (χ1v) is 8.38. The summed E-state index contributed by atoms with van der Waals surface area (Å²) >= 11 is 0. The number of hydrogen-bond donors (Lipinski definition) is 1. The average molecular weight is 332 g/mol. The lowest BCUT2D eigenvalue weighted by atomic mass is 10.1. The van der Waals surface area contributed by atoms with Gasteiger partial charge in [-0.3, -0.25) is 9.36 Å². The molecule has 1 fully saturated rings. The Hall–Kier alpha value is -2.45. The number of nitrogens with zero attached hydrogens (tertiary/aromatic N) is 7. The van der Waals surface area contributed by atoms with Crippen LogP contribution in [-0.4, -0.2) is 48.8 Å². The molecule has 24 heavy (non-hydrogen) atoms. The number of hydrogen-bond acceptors (Lipinski definition) is 6. The number of carbonyl (C=O) groups excluding carboxylic acids is 1. The lowest BCUT2D eigenvalue weighted by molar-refractivity contribution is 0.0995. The number of anilines is 1. The number of carbonyl (C=O) groups is 1. The molecule has 9 heteroatoms. The van der Waals surface area contributed by atoms with Crippen LogP contribution in [0.3, 0.4) is 0 Å². The Bertz CT molecular complexity index is 719. The lowest BCUT2D eigenvalue weighted by Gasteiger charge is -2.18. The zero-order valence-electron chi connectivity index (χ0n) is 14.4. The highest BCUT2D eigenvalue weighted by molar-refractivity contribution is 5.90. The predicted octanol–water partition coefficient (Wildman–Crippen LogP) is 0.638. The number of rotatable bonds is 6. The van der Waals surface area contributed by atoms with Gasteiger partial charge in [0.25, 0.3) is 5.91 Å². The third kappa shape index (κ3) is 3.10. The minimum atomic E-state index is -0.555. The largest absolute Gasteiger partial charge is 0.364 e. The van der Waals surface area contributed by atoms with Gasteiger partial charge in [0.15, 0.2) is 5.69 Å². The SMILES string of the molecule is CCn1c(CC(C)C)nnc1N1CCC(n2cc(C(N)=O)nn2)C1. The maximum Gasteiger partial charge on any atom is 0.270 e. The van der Waals surface area contributed by atoms with E-state index in [0.717, 1.165) is 44.2 Å². The van der Waals surface area contributed by atoms with Gasteiger partial charge in [0.05, 0.1) is 12.2 Å². The summed E-state index contributed by atoms with van der Waals surface area (Å²) in [6, 6.07) is 0.154. The van der Waals surface area contributed by atoms with Crippen LogP contribution in [0.25, 0.3) is 0 Å². The molecule has 9 nitrogen and oxygen atoms in total. The average Bonchev–Trinajstić information content (AvgIpc) is 3.24. The van der Waals surface area contributed by atoms with E-state index in [9.17, 15) is 4.79 Å². The van der Waals surface area contributed by atoms with Gasteiger partial charge in [0.1, 0.15) is 5.82 Å². The van der Waals surface area contributed by atoms with Gasteiger partial charge in [-0.1, -0.05) is 19.1 Å². The van der Waals surface area contributed by atoms with Crippen LogP contribution < -0.4 is 10.6 Å². The molecule has 1 aliphatic rings. The first-order valence-electron chi connectivity index (χ1n) is 8.38. The van der Waals surface area contributed by atoms with Crippen LogP contribution >= 0.6 is 0 Å². The normalized spacial score (nSPS) is 17.8. The molecule has 1 aliphatic heterocycles. The van der Waals surface area contributed by atoms with E-state index in [1.807, 2.05) is 0 Å². The number of primary amides is 1. The van der Waals surface area contributed by atoms with Crippen molar-refractivity contribution >= 4 is 11.9 Å². The Balaban J connectivity index is 1.75. The van der Waals surface area contributed by atoms with Crippen molar-refractivity contribution in [1.82, 2.24) is 29.8 Å². The maximum absolute atomic E-state index is 11.2. The highest BCUT2D eigenvalue weighted by Gasteiger charge is 2.29. The molecule has 2 aromatic rings. The monoisotopic (exact) mass is 332 g/mol. The van der Waals surface area contributed by atoms with Crippen LogP contribution in [0.2, 0.25) is 0 Å². The van der Waals surface area contributed by atoms with Crippen LogP contribution in [0.5, 0.6) is 0 Å². The summed E-state index contributed by atoms with van der Waals surface area (Å²) in [5, 5.41) is 16.6. The van der Waals surface area contributed by atoms with Gasteiger partial charge in [-0.2, -0.15) is 0 Å². The van der Waals surface area contributed by atoms with Crippen LogP contribution in [0.15, 0.2) is 6.20 Å². The van der Waals surface area contributed by atoms with Crippen molar-refractivity contribution in [1.29, 1.82) is 0 Å². The Morgan fingerprint density at radius 1 is 1.38 bits per heavy atom. The van der Waals surface area contributed by atoms with E-state index < -0.39 is 5.91 Å². The van der Waals surface area contributed by atoms with E-state index in [-0.39, 0.29) is 11.7 Å². The second-order valence-corrected chi connectivity index (χ2v) is 6.60. The van der Waals surface area contributed by atoms with E-state index in [1.54, 1.807) is 10.9 Å². The Labute approximate surface area is 140 Å². The first-order chi connectivity index (χ1) is 11.5. The molecule has 0 aliphatic carbocycles. The topological polar surface area (TPSA) is 108 Å². The molecular formula is C15H24N8O. The standard InChI is InChI=1S/C15H24N8O/c1-4-22-13(7-10(2)3)18-19-15(22)21-6-5-11(8-21)23-9-12(14(16)24)17-20-23/h9-11H,4-8H2,1-3H3,(H2,16,24). The van der Waals surface area contributed by atoms with Crippen molar-refractivity contribution in [3.8, 4) is 0 Å². The van der Waals surface area contributed by atoms with Crippen LogP contribution in [-0.2, 0) is 13.0 Å². The van der Waals surface area contributed by atoms with Gasteiger partial charge in [-0.15, -0.1) is 15.3 Å². The fourth-order valence-corrected chi connectivity index (χ4v) is 3.11. The highest BCUT2D eigenvalue weighted by Crippen LogP contribution is 2.26. The zero-order chi connectivity index (χ0) is 17.3. The molecule has 1 saturated heterocycles. The van der Waals surface area contributed by atoms with Crippen LogP contribution in [0.1, 0.15) is 49.5 Å². The van der Waals surface area contributed by atoms with Crippen molar-refractivity contribution < 1.29 is 4.79 Å². The minimum absolute atomic E-state index is 0.154. The molecule has 0 radical (unpaired) electrons. The number of aromatic nitrogens is 6. The lowest BCUT2D eigenvalue weighted by Crippen LogP contribution is -2.25. The van der Waals surface area contributed by atoms with Crippen LogP contribution in [0.4, 0.5) is 5.95 Å². The van der Waals surface area contributed by atoms with Gasteiger partial charge < -0.3 is 10.6 Å². The molecule has 0 aromatic carbocycles. The van der Waals surface area contributed by atoms with Crippen molar-refractivity contribution in [2.45, 2.75) is 46.2 Å². The molecule has 3 heterocycles. The fraction of sp³-hybridized carbons (Fsp3) is 0.667. The summed E-state index contributed by atoms with van der Waals surface area (Å²) in [7, 11) is 0. The Kier molecular flexibility index (Phi) is 4.50. The van der Waals surface area contributed by atoms with Gasteiger partial charge >= 0.3 is 0 Å². The summed E-state index contributed by atoms with van der Waals surface area (Å²) in [6.45, 7) is 8.96. The van der Waals surface area contributed by atoms with Crippen molar-refractivity contribution in [2.75, 3.05) is 18.0 Å². The molecule has 0 saturated carbocycles. The first kappa shape index (κ1) is 16.4. The van der Waals surface area contributed by atoms with Gasteiger partial charge in [-0.05, 0) is 19.3 Å². The maximum atomic E-state index is 11.2. The summed E-state index contributed by atoms with van der Waals surface area (Å²) in [5.41, 5.74) is 5.44. The molecule has 3 rings (SSSR count). The predicted molar refractivity (Wildman–Crippen MR) is 88.6 cm³/mol. The molecule has 1 unspecified atom stereocenters. The third-order valence-corrected chi connectivity index (χ3v) is 4.30. The summed E-state index contributed by atoms with van der Waals surface area (Å²) in [5.74, 6) is 1.93. The molecule has 0 bridgehead atoms. The zero-order valence-corrected chi connectivity index (χ0v) is 14.4. The summed E-state index contributed by atoms with van der Waals surface area (Å²) in [4.78, 5) is 13.4. The van der Waals surface area contributed by atoms with E-state index in [4.69, 9.17) is 5.73 Å². The van der Waals surface area contributed by atoms with Gasteiger partial charge in [-0.25, -0.2) is 4.68 Å². The number of amides is 1. The van der Waals surface area contributed by atoms with Crippen molar-refractivity contribution in [2.24, 2.45) is 11.7 Å². The molecule has 2 aromatic heterocycles. The smallest absolute Gasteiger partial charge is 0.270 e. The van der Waals surface area contributed by atoms with Crippen molar-refractivity contribution in [3.63, 3.8) is 0 Å². The molecule has 1 atom stereocenters. The van der Waals surface area contributed by atoms with E-state index in [1.165, 1.54) is 0 Å². The third-order valence-electron chi connectivity index (χ3n) is 4.30. The number of nitrogens with two attached hydrogens (primary N) is 1. The Morgan fingerprint density at radius 3 is 2.79 bits per heavy atom. The van der Waals surface area contributed by atoms with Gasteiger partial charge in [0.2, 0.25) is 5.95 Å². The van der Waals surface area contributed by atoms with E-state index in [0.29, 0.717) is 5.92 Å². The highest BCUT2D eigenvalue weighted by atomic mass is 16.1. The molecule has 130 valence electrons. The summed E-state index contributed by atoms with van der Waals surface area (Å²) in [6.07, 6.45) is 3.45. The second-order valence-electron chi connectivity index (χ2n) is 6.60. The van der Waals surface area contributed by atoms with E-state index >= 15 is 0 Å². The summed E-state index contributed by atoms with van der Waals surface area (Å²) < 4.78 is 3.90. The van der Waals surface area contributed by atoms with Crippen LogP contribution in [0, 0.1) is 5.92 Å². The fourth-order valence-electron chi connectivity index (χ4n) is 3.11. The molecule has 2 N–H and O–H groups in total. The van der Waals surface area contributed by atoms with Crippen molar-refractivity contribution in [3.05, 3.63) is 17.7 Å². The van der Waals surface area contributed by atoms with E-state index in [2.05, 4.69) is 50.7 Å². The molecule has 1 amide bonds. The Morgan fingerprint density at radius 2 is 2.17 bits per heavy atom. The van der Waals surface area contributed by atoms with Gasteiger partial charge in [0, 0.05) is 26.1 Å². The quantitative estimate of drug-likeness (QED) is 0.831. The minimum Gasteiger partial charge on any atom is -0.364 e. The second kappa shape index (κ2) is 6.58.